The third kappa shape index (κ3) is 1.25. The van der Waals surface area contributed by atoms with E-state index in [0.717, 1.165) is 0 Å². The SMILES string of the molecule is CO[P@@]1(=O)O[C@@H](C)C[C@@H]1O. The summed E-state index contributed by atoms with van der Waals surface area (Å²) in [5, 5.41) is 9.11. The lowest BCUT2D eigenvalue weighted by Gasteiger charge is -2.10. The first-order chi connectivity index (χ1) is 4.58. The molecule has 0 spiro atoms. The molecule has 1 aliphatic rings. The molecular formula is C5H11O4P. The Bertz CT molecular complexity index is 169. The van der Waals surface area contributed by atoms with Crippen LogP contribution in [0.1, 0.15) is 13.3 Å². The van der Waals surface area contributed by atoms with Gasteiger partial charge in [0.05, 0.1) is 6.10 Å². The van der Waals surface area contributed by atoms with Crippen molar-refractivity contribution in [1.29, 1.82) is 0 Å². The van der Waals surface area contributed by atoms with Crippen LogP contribution in [0.25, 0.3) is 0 Å². The Hall–Kier alpha value is 0.110. The van der Waals surface area contributed by atoms with Crippen LogP contribution in [-0.4, -0.2) is 24.2 Å². The molecule has 0 bridgehead atoms. The summed E-state index contributed by atoms with van der Waals surface area (Å²) in [6.07, 6.45) is 0.228. The van der Waals surface area contributed by atoms with Gasteiger partial charge >= 0.3 is 7.60 Å². The molecule has 4 nitrogen and oxygen atoms in total. The summed E-state index contributed by atoms with van der Waals surface area (Å²) < 4.78 is 20.7. The van der Waals surface area contributed by atoms with E-state index in [9.17, 15) is 4.57 Å². The Balaban J connectivity index is 2.71. The first-order valence-corrected chi connectivity index (χ1v) is 4.71. The summed E-state index contributed by atoms with van der Waals surface area (Å²) in [4.78, 5) is 0. The Morgan fingerprint density at radius 2 is 2.40 bits per heavy atom. The van der Waals surface area contributed by atoms with Gasteiger partial charge in [0, 0.05) is 13.5 Å². The molecule has 5 heteroatoms. The third-order valence-electron chi connectivity index (χ3n) is 1.49. The summed E-state index contributed by atoms with van der Waals surface area (Å²) in [5.41, 5.74) is 0. The topological polar surface area (TPSA) is 55.8 Å². The van der Waals surface area contributed by atoms with Gasteiger partial charge in [-0.3, -0.25) is 4.57 Å². The molecule has 0 aromatic rings. The molecule has 0 unspecified atom stereocenters. The lowest BCUT2D eigenvalue weighted by Crippen LogP contribution is -2.02. The monoisotopic (exact) mass is 166 g/mol. The predicted octanol–water partition coefficient (Wildman–Crippen LogP) is 0.953. The number of aliphatic hydroxyl groups excluding tert-OH is 1. The largest absolute Gasteiger partial charge is 0.380 e. The van der Waals surface area contributed by atoms with Crippen molar-refractivity contribution in [2.45, 2.75) is 25.3 Å². The first kappa shape index (κ1) is 8.21. The van der Waals surface area contributed by atoms with Crippen molar-refractivity contribution < 1.29 is 18.7 Å². The maximum Gasteiger partial charge on any atom is 0.358 e. The van der Waals surface area contributed by atoms with Gasteiger partial charge in [0.1, 0.15) is 0 Å². The molecule has 0 amide bonds. The van der Waals surface area contributed by atoms with Crippen LogP contribution in [0.15, 0.2) is 0 Å². The summed E-state index contributed by atoms with van der Waals surface area (Å²) in [7, 11) is -1.86. The van der Waals surface area contributed by atoms with Crippen molar-refractivity contribution in [2.24, 2.45) is 0 Å². The van der Waals surface area contributed by atoms with E-state index < -0.39 is 13.4 Å². The standard InChI is InChI=1S/C5H11O4P/c1-4-3-5(6)10(7,8-2)9-4/h4-6H,3H2,1-2H3/t4-,5+,10+/m0/s1. The fraction of sp³-hybridized carbons (Fsp3) is 1.00. The fourth-order valence-corrected chi connectivity index (χ4v) is 2.57. The minimum atomic E-state index is -3.14. The zero-order valence-corrected chi connectivity index (χ0v) is 6.88. The van der Waals surface area contributed by atoms with Gasteiger partial charge in [0.2, 0.25) is 0 Å². The van der Waals surface area contributed by atoms with Gasteiger partial charge in [-0.2, -0.15) is 0 Å². The highest BCUT2D eigenvalue weighted by Gasteiger charge is 2.42. The van der Waals surface area contributed by atoms with Gasteiger partial charge in [0.25, 0.3) is 0 Å². The second-order valence-electron chi connectivity index (χ2n) is 2.35. The molecule has 1 saturated heterocycles. The number of hydrogen-bond acceptors (Lipinski definition) is 4. The molecule has 0 radical (unpaired) electrons. The van der Waals surface area contributed by atoms with Crippen LogP contribution in [-0.2, 0) is 13.6 Å². The minimum Gasteiger partial charge on any atom is -0.380 e. The van der Waals surface area contributed by atoms with E-state index in [1.165, 1.54) is 7.11 Å². The maximum absolute atomic E-state index is 11.2. The Morgan fingerprint density at radius 1 is 1.80 bits per heavy atom. The van der Waals surface area contributed by atoms with Gasteiger partial charge < -0.3 is 14.2 Å². The molecule has 1 N–H and O–H groups in total. The highest BCUT2D eigenvalue weighted by atomic mass is 31.2. The van der Waals surface area contributed by atoms with Crippen LogP contribution in [0, 0.1) is 0 Å². The quantitative estimate of drug-likeness (QED) is 0.589. The second kappa shape index (κ2) is 2.62. The maximum atomic E-state index is 11.2. The zero-order chi connectivity index (χ0) is 7.78. The van der Waals surface area contributed by atoms with Crippen molar-refractivity contribution in [2.75, 3.05) is 7.11 Å². The first-order valence-electron chi connectivity index (χ1n) is 3.10. The molecule has 1 aliphatic heterocycles. The molecule has 1 rings (SSSR count). The van der Waals surface area contributed by atoms with Gasteiger partial charge in [-0.15, -0.1) is 0 Å². The van der Waals surface area contributed by atoms with Gasteiger partial charge in [-0.25, -0.2) is 0 Å². The van der Waals surface area contributed by atoms with Crippen LogP contribution < -0.4 is 0 Å². The van der Waals surface area contributed by atoms with Crippen molar-refractivity contribution in [3.8, 4) is 0 Å². The average molecular weight is 166 g/mol. The lowest BCUT2D eigenvalue weighted by atomic mass is 10.3. The van der Waals surface area contributed by atoms with Crippen molar-refractivity contribution in [1.82, 2.24) is 0 Å². The number of hydrogen-bond donors (Lipinski definition) is 1. The summed E-state index contributed by atoms with van der Waals surface area (Å²) in [6, 6.07) is 0. The molecule has 1 heterocycles. The molecule has 60 valence electrons. The van der Waals surface area contributed by atoms with E-state index in [-0.39, 0.29) is 6.10 Å². The average Bonchev–Trinajstić information content (AvgIpc) is 2.09. The second-order valence-corrected chi connectivity index (χ2v) is 4.61. The fourth-order valence-electron chi connectivity index (χ4n) is 0.955. The summed E-state index contributed by atoms with van der Waals surface area (Å²) in [6.45, 7) is 1.75. The molecule has 0 aromatic heterocycles. The molecule has 0 saturated carbocycles. The van der Waals surface area contributed by atoms with Crippen molar-refractivity contribution in [3.05, 3.63) is 0 Å². The molecule has 0 aliphatic carbocycles. The van der Waals surface area contributed by atoms with Crippen molar-refractivity contribution >= 4 is 7.60 Å². The molecule has 1 fully saturated rings. The molecule has 0 aromatic carbocycles. The lowest BCUT2D eigenvalue weighted by molar-refractivity contribution is 0.205. The van der Waals surface area contributed by atoms with Crippen LogP contribution in [0.2, 0.25) is 0 Å². The van der Waals surface area contributed by atoms with E-state index in [2.05, 4.69) is 4.52 Å². The third-order valence-corrected chi connectivity index (χ3v) is 3.59. The Kier molecular flexibility index (Phi) is 2.15. The smallest absolute Gasteiger partial charge is 0.358 e. The van der Waals surface area contributed by atoms with Crippen LogP contribution in [0.3, 0.4) is 0 Å². The van der Waals surface area contributed by atoms with E-state index in [1.54, 1.807) is 6.92 Å². The van der Waals surface area contributed by atoms with Crippen molar-refractivity contribution in [3.63, 3.8) is 0 Å². The highest BCUT2D eigenvalue weighted by molar-refractivity contribution is 7.54. The Morgan fingerprint density at radius 3 is 2.60 bits per heavy atom. The van der Waals surface area contributed by atoms with Crippen LogP contribution >= 0.6 is 7.60 Å². The number of aliphatic hydroxyl groups is 1. The van der Waals surface area contributed by atoms with Crippen LogP contribution in [0.4, 0.5) is 0 Å². The van der Waals surface area contributed by atoms with Gasteiger partial charge in [-0.1, -0.05) is 0 Å². The number of rotatable bonds is 1. The normalized spacial score (nSPS) is 47.9. The van der Waals surface area contributed by atoms with E-state index in [1.807, 2.05) is 0 Å². The molecule has 3 atom stereocenters. The zero-order valence-electron chi connectivity index (χ0n) is 5.98. The highest BCUT2D eigenvalue weighted by Crippen LogP contribution is 2.58. The van der Waals surface area contributed by atoms with Gasteiger partial charge in [0.15, 0.2) is 5.85 Å². The predicted molar refractivity (Wildman–Crippen MR) is 35.8 cm³/mol. The molecular weight excluding hydrogens is 155 g/mol. The van der Waals surface area contributed by atoms with E-state index in [0.29, 0.717) is 6.42 Å². The molecule has 10 heavy (non-hydrogen) atoms. The van der Waals surface area contributed by atoms with Crippen LogP contribution in [0.5, 0.6) is 0 Å². The summed E-state index contributed by atoms with van der Waals surface area (Å²) >= 11 is 0. The minimum absolute atomic E-state index is 0.166. The summed E-state index contributed by atoms with van der Waals surface area (Å²) in [5.74, 6) is -0.938. The van der Waals surface area contributed by atoms with E-state index >= 15 is 0 Å². The van der Waals surface area contributed by atoms with Gasteiger partial charge in [-0.05, 0) is 6.92 Å². The van der Waals surface area contributed by atoms with E-state index in [4.69, 9.17) is 9.63 Å². The Labute approximate surface area is 59.7 Å².